The van der Waals surface area contributed by atoms with Crippen LogP contribution in [0.4, 0.5) is 18.9 Å². The lowest BCUT2D eigenvalue weighted by molar-refractivity contribution is -0.137. The van der Waals surface area contributed by atoms with E-state index in [0.29, 0.717) is 46.6 Å². The van der Waals surface area contributed by atoms with E-state index in [0.717, 1.165) is 23.3 Å². The van der Waals surface area contributed by atoms with Gasteiger partial charge in [-0.2, -0.15) is 13.2 Å². The quantitative estimate of drug-likeness (QED) is 0.284. The van der Waals surface area contributed by atoms with Crippen LogP contribution in [0, 0.1) is 0 Å². The number of carbonyl (C=O) groups excluding carboxylic acids is 1. The molecule has 7 nitrogen and oxygen atoms in total. The summed E-state index contributed by atoms with van der Waals surface area (Å²) in [5, 5.41) is 3.39. The molecule has 1 N–H and O–H groups in total. The summed E-state index contributed by atoms with van der Waals surface area (Å²) in [6.45, 7) is 0.721. The van der Waals surface area contributed by atoms with Crippen LogP contribution in [0.5, 0.6) is 17.2 Å². The number of nitrogens with one attached hydrogen (secondary N) is 1. The Kier molecular flexibility index (Phi) is 8.49. The first-order valence-corrected chi connectivity index (χ1v) is 12.4. The molecular formula is C28H27F3N2O5S. The van der Waals surface area contributed by atoms with Crippen LogP contribution in [0.25, 0.3) is 0 Å². The number of nitrogens with zero attached hydrogens (tertiary/aromatic N) is 1. The normalized spacial score (nSPS) is 14.7. The van der Waals surface area contributed by atoms with Crippen molar-refractivity contribution >= 4 is 29.0 Å². The minimum absolute atomic E-state index is 0.189. The Labute approximate surface area is 229 Å². The van der Waals surface area contributed by atoms with Gasteiger partial charge in [0.1, 0.15) is 12.4 Å². The van der Waals surface area contributed by atoms with Crippen molar-refractivity contribution in [1.82, 2.24) is 4.90 Å². The van der Waals surface area contributed by atoms with Gasteiger partial charge in [-0.1, -0.05) is 0 Å². The maximum atomic E-state index is 13.0. The number of halogens is 3. The van der Waals surface area contributed by atoms with Crippen LogP contribution in [0.15, 0.2) is 60.7 Å². The standard InChI is InChI=1S/C28H27F3N2O5S/c1-35-24-14-18-12-13-33(27(39)32-20-8-6-19(7-9-20)28(29,30)31)23(22(18)15-25(24)36-2)16-38-21-10-4-17(5-11-21)26(34)37-3/h4-11,14-15,23H,12-13,16H2,1-3H3,(H,32,39). The molecule has 0 spiro atoms. The fourth-order valence-corrected chi connectivity index (χ4v) is 4.71. The predicted molar refractivity (Wildman–Crippen MR) is 144 cm³/mol. The zero-order valence-corrected chi connectivity index (χ0v) is 22.3. The number of hydrogen-bond donors (Lipinski definition) is 1. The fraction of sp³-hybridized carbons (Fsp3) is 0.286. The molecule has 3 aromatic carbocycles. The number of esters is 1. The van der Waals surface area contributed by atoms with Gasteiger partial charge in [-0.05, 0) is 90.4 Å². The first-order chi connectivity index (χ1) is 18.6. The Morgan fingerprint density at radius 2 is 1.64 bits per heavy atom. The van der Waals surface area contributed by atoms with Crippen molar-refractivity contribution in [3.8, 4) is 17.2 Å². The third kappa shape index (κ3) is 6.36. The molecule has 0 radical (unpaired) electrons. The number of fused-ring (bicyclic) bond motifs is 1. The second-order valence-corrected chi connectivity index (χ2v) is 9.08. The van der Waals surface area contributed by atoms with E-state index in [2.05, 4.69) is 5.32 Å². The summed E-state index contributed by atoms with van der Waals surface area (Å²) in [6, 6.07) is 14.7. The van der Waals surface area contributed by atoms with Gasteiger partial charge in [-0.15, -0.1) is 0 Å². The van der Waals surface area contributed by atoms with E-state index < -0.39 is 17.7 Å². The number of methoxy groups -OCH3 is 3. The summed E-state index contributed by atoms with van der Waals surface area (Å²) in [5.41, 5.74) is 2.05. The molecule has 0 amide bonds. The number of benzene rings is 3. The molecule has 39 heavy (non-hydrogen) atoms. The van der Waals surface area contributed by atoms with Crippen LogP contribution >= 0.6 is 12.2 Å². The van der Waals surface area contributed by atoms with Gasteiger partial charge < -0.3 is 29.2 Å². The van der Waals surface area contributed by atoms with Crippen molar-refractivity contribution in [3.05, 3.63) is 82.9 Å². The van der Waals surface area contributed by atoms with Crippen LogP contribution in [0.3, 0.4) is 0 Å². The molecule has 1 aliphatic heterocycles. The monoisotopic (exact) mass is 560 g/mol. The summed E-state index contributed by atoms with van der Waals surface area (Å²) >= 11 is 5.70. The van der Waals surface area contributed by atoms with E-state index >= 15 is 0 Å². The van der Waals surface area contributed by atoms with Crippen LogP contribution in [0.1, 0.15) is 33.1 Å². The highest BCUT2D eigenvalue weighted by Gasteiger charge is 2.32. The molecule has 0 saturated heterocycles. The maximum absolute atomic E-state index is 13.0. The number of hydrogen-bond acceptors (Lipinski definition) is 6. The summed E-state index contributed by atoms with van der Waals surface area (Å²) in [6.07, 6.45) is -3.78. The van der Waals surface area contributed by atoms with Crippen LogP contribution in [0.2, 0.25) is 0 Å². The topological polar surface area (TPSA) is 69.3 Å². The molecular weight excluding hydrogens is 533 g/mol. The Hall–Kier alpha value is -3.99. The lowest BCUT2D eigenvalue weighted by Crippen LogP contribution is -2.44. The number of alkyl halides is 3. The van der Waals surface area contributed by atoms with Gasteiger partial charge in [-0.3, -0.25) is 0 Å². The molecule has 1 atom stereocenters. The van der Waals surface area contributed by atoms with Crippen molar-refractivity contribution in [2.75, 3.05) is 39.8 Å². The molecule has 0 aliphatic carbocycles. The van der Waals surface area contributed by atoms with Gasteiger partial charge >= 0.3 is 12.1 Å². The van der Waals surface area contributed by atoms with Crippen molar-refractivity contribution in [2.45, 2.75) is 18.6 Å². The van der Waals surface area contributed by atoms with E-state index in [-0.39, 0.29) is 12.6 Å². The molecule has 206 valence electrons. The van der Waals surface area contributed by atoms with Crippen molar-refractivity contribution in [2.24, 2.45) is 0 Å². The van der Waals surface area contributed by atoms with E-state index in [4.69, 9.17) is 31.2 Å². The summed E-state index contributed by atoms with van der Waals surface area (Å²) in [5.74, 6) is 1.24. The first kappa shape index (κ1) is 28.0. The Morgan fingerprint density at radius 3 is 2.23 bits per heavy atom. The average Bonchev–Trinajstić information content (AvgIpc) is 2.94. The first-order valence-electron chi connectivity index (χ1n) is 12.0. The van der Waals surface area contributed by atoms with Gasteiger partial charge in [-0.25, -0.2) is 4.79 Å². The molecule has 1 unspecified atom stereocenters. The summed E-state index contributed by atoms with van der Waals surface area (Å²) in [7, 11) is 4.43. The third-order valence-electron chi connectivity index (χ3n) is 6.41. The SMILES string of the molecule is COC(=O)c1ccc(OCC2c3cc(OC)c(OC)cc3CCN2C(=S)Nc2ccc(C(F)(F)F)cc2)cc1. The largest absolute Gasteiger partial charge is 0.493 e. The minimum atomic E-state index is -4.42. The van der Waals surface area contributed by atoms with E-state index in [9.17, 15) is 18.0 Å². The minimum Gasteiger partial charge on any atom is -0.493 e. The molecule has 0 fully saturated rings. The smallest absolute Gasteiger partial charge is 0.416 e. The molecule has 0 aromatic heterocycles. The average molecular weight is 561 g/mol. The fourth-order valence-electron chi connectivity index (χ4n) is 4.37. The third-order valence-corrected chi connectivity index (χ3v) is 6.75. The number of rotatable bonds is 7. The van der Waals surface area contributed by atoms with Crippen LogP contribution in [-0.2, 0) is 17.3 Å². The van der Waals surface area contributed by atoms with Crippen molar-refractivity contribution in [3.63, 3.8) is 0 Å². The zero-order valence-electron chi connectivity index (χ0n) is 21.5. The second kappa shape index (κ2) is 11.8. The van der Waals surface area contributed by atoms with E-state index in [1.54, 1.807) is 38.5 Å². The summed E-state index contributed by atoms with van der Waals surface area (Å²) in [4.78, 5) is 13.7. The van der Waals surface area contributed by atoms with Gasteiger partial charge in [0.25, 0.3) is 0 Å². The summed E-state index contributed by atoms with van der Waals surface area (Å²) < 4.78 is 60.8. The number of ether oxygens (including phenoxy) is 4. The highest BCUT2D eigenvalue weighted by molar-refractivity contribution is 7.80. The molecule has 3 aromatic rings. The lowest BCUT2D eigenvalue weighted by Gasteiger charge is -2.39. The number of carbonyl (C=O) groups is 1. The van der Waals surface area contributed by atoms with Crippen LogP contribution < -0.4 is 19.5 Å². The highest BCUT2D eigenvalue weighted by Crippen LogP contribution is 2.39. The lowest BCUT2D eigenvalue weighted by atomic mass is 9.92. The highest BCUT2D eigenvalue weighted by atomic mass is 32.1. The van der Waals surface area contributed by atoms with Crippen LogP contribution in [-0.4, -0.2) is 50.5 Å². The zero-order chi connectivity index (χ0) is 28.2. The maximum Gasteiger partial charge on any atom is 0.416 e. The predicted octanol–water partition coefficient (Wildman–Crippen LogP) is 5.88. The van der Waals surface area contributed by atoms with E-state index in [1.165, 1.54) is 19.2 Å². The number of anilines is 1. The van der Waals surface area contributed by atoms with Gasteiger partial charge in [0.2, 0.25) is 0 Å². The Morgan fingerprint density at radius 1 is 1.00 bits per heavy atom. The van der Waals surface area contributed by atoms with Gasteiger partial charge in [0, 0.05) is 12.2 Å². The molecule has 11 heteroatoms. The van der Waals surface area contributed by atoms with Gasteiger partial charge in [0.05, 0.1) is 38.5 Å². The Balaban J connectivity index is 1.60. The molecule has 1 heterocycles. The Bertz CT molecular complexity index is 1330. The van der Waals surface area contributed by atoms with Crippen molar-refractivity contribution < 1.29 is 36.9 Å². The second-order valence-electron chi connectivity index (χ2n) is 8.70. The van der Waals surface area contributed by atoms with Gasteiger partial charge in [0.15, 0.2) is 16.6 Å². The van der Waals surface area contributed by atoms with E-state index in [1.807, 2.05) is 17.0 Å². The van der Waals surface area contributed by atoms with Crippen molar-refractivity contribution in [1.29, 1.82) is 0 Å². The molecule has 0 saturated carbocycles. The molecule has 0 bridgehead atoms. The number of thiocarbonyl (C=S) groups is 1. The molecule has 4 rings (SSSR count). The molecule has 1 aliphatic rings.